The number of likely N-dealkylation sites (tertiary alicyclic amines) is 1. The van der Waals surface area contributed by atoms with Gasteiger partial charge in [0.2, 0.25) is 11.9 Å². The van der Waals surface area contributed by atoms with Crippen LogP contribution in [0, 0.1) is 0 Å². The van der Waals surface area contributed by atoms with Crippen molar-refractivity contribution in [1.29, 1.82) is 0 Å². The van der Waals surface area contributed by atoms with E-state index in [4.69, 9.17) is 0 Å². The van der Waals surface area contributed by atoms with Crippen molar-refractivity contribution in [3.8, 4) is 0 Å². The van der Waals surface area contributed by atoms with Gasteiger partial charge in [0.05, 0.1) is 27.4 Å². The average molecular weight is 475 g/mol. The number of aliphatic hydroxyl groups excluding tert-OH is 1. The number of rotatable bonds is 6. The molecule has 0 saturated carbocycles. The first kappa shape index (κ1) is 23.1. The number of aliphatic hydroxyl groups is 1. The van der Waals surface area contributed by atoms with Gasteiger partial charge in [-0.25, -0.2) is 13.8 Å². The summed E-state index contributed by atoms with van der Waals surface area (Å²) in [6, 6.07) is 7.99. The highest BCUT2D eigenvalue weighted by atomic mass is 32.1. The Hall–Kier alpha value is -3.11. The number of imidazole rings is 1. The van der Waals surface area contributed by atoms with Crippen LogP contribution in [0.4, 0.5) is 14.7 Å². The third kappa shape index (κ3) is 4.81. The number of nitrogens with one attached hydrogen (secondary N) is 1. The summed E-state index contributed by atoms with van der Waals surface area (Å²) < 4.78 is 27.8. The van der Waals surface area contributed by atoms with Crippen LogP contribution in [0.1, 0.15) is 51.8 Å². The molecule has 3 aromatic rings. The number of hydrogen-bond donors (Lipinski definition) is 2. The van der Waals surface area contributed by atoms with E-state index in [1.165, 1.54) is 18.2 Å². The number of benzene rings is 1. The van der Waals surface area contributed by atoms with Crippen LogP contribution in [-0.4, -0.2) is 44.5 Å². The van der Waals surface area contributed by atoms with Crippen molar-refractivity contribution < 1.29 is 23.5 Å². The minimum atomic E-state index is -2.63. The van der Waals surface area contributed by atoms with Gasteiger partial charge in [-0.05, 0) is 55.2 Å². The predicted molar refractivity (Wildman–Crippen MR) is 123 cm³/mol. The summed E-state index contributed by atoms with van der Waals surface area (Å²) in [5, 5.41) is 12.3. The molecule has 33 heavy (non-hydrogen) atoms. The van der Waals surface area contributed by atoms with E-state index in [0.29, 0.717) is 36.5 Å². The van der Waals surface area contributed by atoms with Crippen LogP contribution in [0.5, 0.6) is 0 Å². The van der Waals surface area contributed by atoms with Crippen molar-refractivity contribution in [3.05, 3.63) is 58.3 Å². The van der Waals surface area contributed by atoms with E-state index in [1.807, 2.05) is 10.6 Å². The van der Waals surface area contributed by atoms with Crippen LogP contribution < -0.4 is 5.32 Å². The lowest BCUT2D eigenvalue weighted by Gasteiger charge is -2.21. The van der Waals surface area contributed by atoms with Crippen LogP contribution in [0.15, 0.2) is 43.0 Å². The normalized spacial score (nSPS) is 16.7. The zero-order chi connectivity index (χ0) is 23.5. The fourth-order valence-corrected chi connectivity index (χ4v) is 4.90. The Bertz CT molecular complexity index is 1190. The van der Waals surface area contributed by atoms with E-state index in [2.05, 4.69) is 16.9 Å². The van der Waals surface area contributed by atoms with Gasteiger partial charge in [0.15, 0.2) is 0 Å². The molecular formula is C23H24F2N4O3S. The molecule has 1 fully saturated rings. The Morgan fingerprint density at radius 3 is 2.79 bits per heavy atom. The fraction of sp³-hybridized carbons (Fsp3) is 0.348. The molecule has 2 amide bonds. The number of halogens is 2. The number of aromatic nitrogens is 2. The number of thiophene rings is 1. The molecule has 1 atom stereocenters. The van der Waals surface area contributed by atoms with Crippen LogP contribution >= 0.6 is 11.3 Å². The van der Waals surface area contributed by atoms with E-state index >= 15 is 0 Å². The lowest BCUT2D eigenvalue weighted by atomic mass is 10.1. The molecule has 2 N–H and O–H groups in total. The van der Waals surface area contributed by atoms with Gasteiger partial charge in [0, 0.05) is 19.1 Å². The lowest BCUT2D eigenvalue weighted by molar-refractivity contribution is -0.125. The van der Waals surface area contributed by atoms with Gasteiger partial charge in [-0.1, -0.05) is 12.6 Å². The lowest BCUT2D eigenvalue weighted by Crippen LogP contribution is -2.30. The maximum absolute atomic E-state index is 12.9. The molecule has 1 aliphatic heterocycles. The van der Waals surface area contributed by atoms with E-state index in [1.54, 1.807) is 17.0 Å². The standard InChI is InChI=1S/C23H24F2N4O3S/c1-2-20(31)28-10-3-4-15(9-11-28)29-17-6-5-14(13-30)12-16(17)26-23(29)27-22(32)19-8-7-18(33-19)21(24)25/h2,5-8,12,15,21,30H,1,3-4,9-11,13H2,(H,26,27,32)/t15-/m1/s1. The third-order valence-electron chi connectivity index (χ3n) is 5.78. The summed E-state index contributed by atoms with van der Waals surface area (Å²) in [5.74, 6) is -0.312. The number of nitrogens with zero attached hydrogens (tertiary/aromatic N) is 3. The number of carbonyl (C=O) groups is 2. The molecule has 0 radical (unpaired) electrons. The van der Waals surface area contributed by atoms with Crippen LogP contribution in [-0.2, 0) is 11.4 Å². The van der Waals surface area contributed by atoms with Crippen LogP contribution in [0.2, 0.25) is 0 Å². The Labute approximate surface area is 193 Å². The second-order valence-electron chi connectivity index (χ2n) is 7.86. The number of amides is 2. The smallest absolute Gasteiger partial charge is 0.272 e. The Balaban J connectivity index is 1.68. The van der Waals surface area contributed by atoms with E-state index in [-0.39, 0.29) is 28.3 Å². The number of alkyl halides is 2. The third-order valence-corrected chi connectivity index (χ3v) is 6.87. The predicted octanol–water partition coefficient (Wildman–Crippen LogP) is 4.52. The largest absolute Gasteiger partial charge is 0.392 e. The Kier molecular flexibility index (Phi) is 6.85. The molecule has 0 aliphatic carbocycles. The molecular weight excluding hydrogens is 450 g/mol. The summed E-state index contributed by atoms with van der Waals surface area (Å²) in [4.78, 5) is 31.2. The SMILES string of the molecule is C=CC(=O)N1CCC[C@@H](n2c(NC(=O)c3ccc(C(F)F)s3)nc3cc(CO)ccc32)CC1. The van der Waals surface area contributed by atoms with Gasteiger partial charge < -0.3 is 14.6 Å². The maximum Gasteiger partial charge on any atom is 0.272 e. The zero-order valence-electron chi connectivity index (χ0n) is 17.8. The number of hydrogen-bond acceptors (Lipinski definition) is 5. The fourth-order valence-electron chi connectivity index (χ4n) is 4.14. The molecule has 1 aromatic carbocycles. The summed E-state index contributed by atoms with van der Waals surface area (Å²) in [6.07, 6.45) is 0.874. The molecule has 10 heteroatoms. The molecule has 1 saturated heterocycles. The highest BCUT2D eigenvalue weighted by Gasteiger charge is 2.26. The molecule has 174 valence electrons. The maximum atomic E-state index is 12.9. The van der Waals surface area contributed by atoms with Gasteiger partial charge in [-0.3, -0.25) is 14.9 Å². The second-order valence-corrected chi connectivity index (χ2v) is 8.97. The number of carbonyl (C=O) groups excluding carboxylic acids is 2. The minimum absolute atomic E-state index is 0.0344. The molecule has 1 aliphatic rings. The zero-order valence-corrected chi connectivity index (χ0v) is 18.7. The highest BCUT2D eigenvalue weighted by molar-refractivity contribution is 7.14. The van der Waals surface area contributed by atoms with Gasteiger partial charge in [0.1, 0.15) is 0 Å². The van der Waals surface area contributed by atoms with Crippen molar-refractivity contribution in [1.82, 2.24) is 14.5 Å². The van der Waals surface area contributed by atoms with Gasteiger partial charge in [-0.2, -0.15) is 0 Å². The van der Waals surface area contributed by atoms with Crippen LogP contribution in [0.3, 0.4) is 0 Å². The summed E-state index contributed by atoms with van der Waals surface area (Å²) in [6.45, 7) is 4.58. The van der Waals surface area contributed by atoms with Crippen molar-refractivity contribution in [3.63, 3.8) is 0 Å². The quantitative estimate of drug-likeness (QED) is 0.515. The number of fused-ring (bicyclic) bond motifs is 1. The monoisotopic (exact) mass is 474 g/mol. The van der Waals surface area contributed by atoms with E-state index in [0.717, 1.165) is 29.7 Å². The van der Waals surface area contributed by atoms with Crippen LogP contribution in [0.25, 0.3) is 11.0 Å². The van der Waals surface area contributed by atoms with Crippen molar-refractivity contribution in [2.24, 2.45) is 0 Å². The first-order valence-corrected chi connectivity index (χ1v) is 11.4. The molecule has 7 nitrogen and oxygen atoms in total. The Morgan fingerprint density at radius 1 is 1.27 bits per heavy atom. The van der Waals surface area contributed by atoms with E-state index in [9.17, 15) is 23.5 Å². The van der Waals surface area contributed by atoms with E-state index < -0.39 is 12.3 Å². The molecule has 2 aromatic heterocycles. The topological polar surface area (TPSA) is 87.5 Å². The summed E-state index contributed by atoms with van der Waals surface area (Å²) in [5.41, 5.74) is 2.09. The molecule has 4 rings (SSSR count). The first-order valence-electron chi connectivity index (χ1n) is 10.6. The molecule has 0 bridgehead atoms. The van der Waals surface area contributed by atoms with Gasteiger partial charge >= 0.3 is 0 Å². The second kappa shape index (κ2) is 9.80. The van der Waals surface area contributed by atoms with Crippen molar-refractivity contribution in [2.45, 2.75) is 38.3 Å². The average Bonchev–Trinajstić information content (AvgIpc) is 3.36. The highest BCUT2D eigenvalue weighted by Crippen LogP contribution is 2.33. The van der Waals surface area contributed by atoms with Gasteiger partial charge in [0.25, 0.3) is 12.3 Å². The summed E-state index contributed by atoms with van der Waals surface area (Å²) >= 11 is 0.746. The first-order chi connectivity index (χ1) is 15.9. The summed E-state index contributed by atoms with van der Waals surface area (Å²) in [7, 11) is 0. The van der Waals surface area contributed by atoms with Crippen molar-refractivity contribution >= 4 is 40.1 Å². The molecule has 3 heterocycles. The number of anilines is 1. The molecule has 0 spiro atoms. The van der Waals surface area contributed by atoms with Gasteiger partial charge in [-0.15, -0.1) is 11.3 Å². The minimum Gasteiger partial charge on any atom is -0.392 e. The van der Waals surface area contributed by atoms with Crippen molar-refractivity contribution in [2.75, 3.05) is 18.4 Å². The molecule has 0 unspecified atom stereocenters. The Morgan fingerprint density at radius 2 is 2.09 bits per heavy atom.